The van der Waals surface area contributed by atoms with Gasteiger partial charge in [-0.25, -0.2) is 0 Å². The Balaban J connectivity index is 1.83. The zero-order valence-corrected chi connectivity index (χ0v) is 11.6. The zero-order valence-electron chi connectivity index (χ0n) is 10.8. The lowest BCUT2D eigenvalue weighted by atomic mass is 9.80. The maximum atomic E-state index is 3.47. The van der Waals surface area contributed by atoms with E-state index in [1.165, 1.54) is 57.7 Å². The lowest BCUT2D eigenvalue weighted by Crippen LogP contribution is -2.47. The van der Waals surface area contributed by atoms with Gasteiger partial charge < -0.3 is 10.2 Å². The van der Waals surface area contributed by atoms with Crippen LogP contribution in [0.5, 0.6) is 0 Å². The van der Waals surface area contributed by atoms with Crippen molar-refractivity contribution in [2.45, 2.75) is 38.4 Å². The Bertz CT molecular complexity index is 214. The maximum absolute atomic E-state index is 3.47. The number of hydrogen-bond acceptors (Lipinski definition) is 3. The Morgan fingerprint density at radius 3 is 2.81 bits per heavy atom. The number of hydrogen-bond donors (Lipinski definition) is 1. The second-order valence-corrected chi connectivity index (χ2v) is 7.11. The number of nitrogens with one attached hydrogen (secondary N) is 1. The molecule has 0 aromatic rings. The van der Waals surface area contributed by atoms with E-state index in [1.807, 2.05) is 0 Å². The molecule has 0 aromatic heterocycles. The summed E-state index contributed by atoms with van der Waals surface area (Å²) in [6.07, 6.45) is 4.04. The molecule has 2 aliphatic rings. The van der Waals surface area contributed by atoms with Crippen LogP contribution in [0.4, 0.5) is 0 Å². The first-order valence-corrected chi connectivity index (χ1v) is 7.81. The number of thioether (sulfide) groups is 1. The molecule has 2 rings (SSSR count). The van der Waals surface area contributed by atoms with Gasteiger partial charge in [0.25, 0.3) is 0 Å². The van der Waals surface area contributed by atoms with Crippen molar-refractivity contribution in [2.24, 2.45) is 5.41 Å². The van der Waals surface area contributed by atoms with Crippen molar-refractivity contribution >= 4 is 11.8 Å². The summed E-state index contributed by atoms with van der Waals surface area (Å²) >= 11 is 2.17. The Hall–Kier alpha value is 0.270. The van der Waals surface area contributed by atoms with E-state index in [2.05, 4.69) is 35.8 Å². The lowest BCUT2D eigenvalue weighted by Gasteiger charge is -2.41. The topological polar surface area (TPSA) is 15.3 Å². The Labute approximate surface area is 105 Å². The molecule has 1 atom stereocenters. The average Bonchev–Trinajstić information content (AvgIpc) is 2.29. The van der Waals surface area contributed by atoms with Crippen LogP contribution in [0, 0.1) is 5.41 Å². The van der Waals surface area contributed by atoms with Crippen molar-refractivity contribution in [1.29, 1.82) is 0 Å². The Morgan fingerprint density at radius 1 is 1.38 bits per heavy atom. The standard InChI is InChI=1S/C13H26N2S/c1-3-12-10-15(8-9-16-12)11-13(2)4-6-14-7-5-13/h12,14H,3-11H2,1-2H3. The molecule has 1 N–H and O–H groups in total. The molecular formula is C13H26N2S. The van der Waals surface area contributed by atoms with Gasteiger partial charge in [0.2, 0.25) is 0 Å². The maximum Gasteiger partial charge on any atom is 0.0172 e. The fourth-order valence-electron chi connectivity index (χ4n) is 2.90. The van der Waals surface area contributed by atoms with E-state index in [0.717, 1.165) is 5.25 Å². The zero-order chi connectivity index (χ0) is 11.4. The molecule has 2 heterocycles. The molecule has 1 unspecified atom stereocenters. The number of piperidine rings is 1. The summed E-state index contributed by atoms with van der Waals surface area (Å²) in [5, 5.41) is 4.36. The Morgan fingerprint density at radius 2 is 2.12 bits per heavy atom. The van der Waals surface area contributed by atoms with E-state index in [1.54, 1.807) is 0 Å². The van der Waals surface area contributed by atoms with Crippen LogP contribution in [0.25, 0.3) is 0 Å². The molecule has 0 amide bonds. The van der Waals surface area contributed by atoms with E-state index in [-0.39, 0.29) is 0 Å². The van der Waals surface area contributed by atoms with Crippen LogP contribution >= 0.6 is 11.8 Å². The van der Waals surface area contributed by atoms with Gasteiger partial charge in [0.15, 0.2) is 0 Å². The smallest absolute Gasteiger partial charge is 0.0172 e. The molecule has 2 fully saturated rings. The van der Waals surface area contributed by atoms with Gasteiger partial charge in [-0.1, -0.05) is 13.8 Å². The molecule has 16 heavy (non-hydrogen) atoms. The highest BCUT2D eigenvalue weighted by molar-refractivity contribution is 8.00. The highest BCUT2D eigenvalue weighted by Crippen LogP contribution is 2.31. The first-order chi connectivity index (χ1) is 7.72. The summed E-state index contributed by atoms with van der Waals surface area (Å²) in [4.78, 5) is 2.72. The van der Waals surface area contributed by atoms with Crippen molar-refractivity contribution in [2.75, 3.05) is 38.5 Å². The first-order valence-electron chi connectivity index (χ1n) is 6.76. The summed E-state index contributed by atoms with van der Waals surface area (Å²) in [5.74, 6) is 1.34. The van der Waals surface area contributed by atoms with Gasteiger partial charge in [0, 0.05) is 30.6 Å². The van der Waals surface area contributed by atoms with Crippen LogP contribution in [-0.4, -0.2) is 48.6 Å². The molecular weight excluding hydrogens is 216 g/mol. The highest BCUT2D eigenvalue weighted by Gasteiger charge is 2.30. The molecule has 2 aliphatic heterocycles. The van der Waals surface area contributed by atoms with Gasteiger partial charge in [0.05, 0.1) is 0 Å². The molecule has 0 spiro atoms. The lowest BCUT2D eigenvalue weighted by molar-refractivity contribution is 0.130. The fourth-order valence-corrected chi connectivity index (χ4v) is 4.15. The minimum Gasteiger partial charge on any atom is -0.317 e. The predicted octanol–water partition coefficient (Wildman–Crippen LogP) is 2.20. The largest absolute Gasteiger partial charge is 0.317 e. The third-order valence-corrected chi connectivity index (χ3v) is 5.47. The van der Waals surface area contributed by atoms with Crippen molar-refractivity contribution in [3.05, 3.63) is 0 Å². The molecule has 0 aromatic carbocycles. The second-order valence-electron chi connectivity index (χ2n) is 5.70. The van der Waals surface area contributed by atoms with Crippen LogP contribution < -0.4 is 5.32 Å². The third-order valence-electron chi connectivity index (χ3n) is 4.09. The normalized spacial score (nSPS) is 31.5. The monoisotopic (exact) mass is 242 g/mol. The molecule has 94 valence electrons. The van der Waals surface area contributed by atoms with Crippen molar-refractivity contribution < 1.29 is 0 Å². The third kappa shape index (κ3) is 3.38. The van der Waals surface area contributed by atoms with E-state index >= 15 is 0 Å². The number of nitrogens with zero attached hydrogens (tertiary/aromatic N) is 1. The van der Waals surface area contributed by atoms with Gasteiger partial charge in [-0.2, -0.15) is 11.8 Å². The van der Waals surface area contributed by atoms with Crippen molar-refractivity contribution in [3.8, 4) is 0 Å². The SMILES string of the molecule is CCC1CN(CC2(C)CCNCC2)CCS1. The van der Waals surface area contributed by atoms with Gasteiger partial charge in [-0.3, -0.25) is 0 Å². The molecule has 0 radical (unpaired) electrons. The van der Waals surface area contributed by atoms with E-state index < -0.39 is 0 Å². The molecule has 3 heteroatoms. The van der Waals surface area contributed by atoms with E-state index in [4.69, 9.17) is 0 Å². The van der Waals surface area contributed by atoms with E-state index in [9.17, 15) is 0 Å². The van der Waals surface area contributed by atoms with Gasteiger partial charge in [-0.05, 0) is 37.8 Å². The minimum atomic E-state index is 0.575. The van der Waals surface area contributed by atoms with Gasteiger partial charge in [0.1, 0.15) is 0 Å². The molecule has 0 aliphatic carbocycles. The molecule has 0 saturated carbocycles. The summed E-state index contributed by atoms with van der Waals surface area (Å²) in [6.45, 7) is 11.2. The van der Waals surface area contributed by atoms with Crippen LogP contribution in [-0.2, 0) is 0 Å². The van der Waals surface area contributed by atoms with E-state index in [0.29, 0.717) is 5.41 Å². The predicted molar refractivity (Wildman–Crippen MR) is 73.2 cm³/mol. The molecule has 2 saturated heterocycles. The number of rotatable bonds is 3. The average molecular weight is 242 g/mol. The van der Waals surface area contributed by atoms with Crippen LogP contribution in [0.15, 0.2) is 0 Å². The molecule has 0 bridgehead atoms. The van der Waals surface area contributed by atoms with Crippen LogP contribution in [0.3, 0.4) is 0 Å². The molecule has 2 nitrogen and oxygen atoms in total. The summed E-state index contributed by atoms with van der Waals surface area (Å²) in [6, 6.07) is 0. The van der Waals surface area contributed by atoms with Gasteiger partial charge >= 0.3 is 0 Å². The quantitative estimate of drug-likeness (QED) is 0.817. The second kappa shape index (κ2) is 5.74. The van der Waals surface area contributed by atoms with Gasteiger partial charge in [-0.15, -0.1) is 0 Å². The fraction of sp³-hybridized carbons (Fsp3) is 1.00. The Kier molecular flexibility index (Phi) is 4.57. The van der Waals surface area contributed by atoms with Crippen molar-refractivity contribution in [1.82, 2.24) is 10.2 Å². The summed E-state index contributed by atoms with van der Waals surface area (Å²) in [5.41, 5.74) is 0.575. The summed E-state index contributed by atoms with van der Waals surface area (Å²) in [7, 11) is 0. The van der Waals surface area contributed by atoms with Crippen LogP contribution in [0.1, 0.15) is 33.1 Å². The van der Waals surface area contributed by atoms with Crippen molar-refractivity contribution in [3.63, 3.8) is 0 Å². The summed E-state index contributed by atoms with van der Waals surface area (Å²) < 4.78 is 0. The highest BCUT2D eigenvalue weighted by atomic mass is 32.2. The minimum absolute atomic E-state index is 0.575. The first kappa shape index (κ1) is 12.7. The van der Waals surface area contributed by atoms with Crippen LogP contribution in [0.2, 0.25) is 0 Å².